The molecule has 0 aromatic carbocycles. The normalized spacial score (nSPS) is 9.50. The first-order valence-corrected chi connectivity index (χ1v) is 6.30. The molecule has 0 unspecified atom stereocenters. The fourth-order valence-electron chi connectivity index (χ4n) is 1.21. The van der Waals surface area contributed by atoms with E-state index in [1.165, 1.54) is 30.1 Å². The van der Waals surface area contributed by atoms with Crippen molar-refractivity contribution in [3.05, 3.63) is 29.6 Å². The molecule has 0 spiro atoms. The van der Waals surface area contributed by atoms with Gasteiger partial charge in [-0.2, -0.15) is 0 Å². The van der Waals surface area contributed by atoms with E-state index in [9.17, 15) is 9.59 Å². The van der Waals surface area contributed by atoms with E-state index in [2.05, 4.69) is 16.2 Å². The molecule has 94 valence electrons. The first-order valence-electron chi connectivity index (χ1n) is 5.14. The summed E-state index contributed by atoms with van der Waals surface area (Å²) in [7, 11) is 0. The van der Waals surface area contributed by atoms with Crippen molar-refractivity contribution in [1.29, 1.82) is 0 Å². The number of nitrogens with zero attached hydrogens (tertiary/aromatic N) is 1. The molecule has 6 heteroatoms. The maximum absolute atomic E-state index is 11.7. The summed E-state index contributed by atoms with van der Waals surface area (Å²) < 4.78 is 0. The van der Waals surface area contributed by atoms with Crippen molar-refractivity contribution in [2.24, 2.45) is 0 Å². The highest BCUT2D eigenvalue weighted by molar-refractivity contribution is 7.99. The Hall–Kier alpha value is -2.00. The summed E-state index contributed by atoms with van der Waals surface area (Å²) >= 11 is 1.51. The molecule has 0 bridgehead atoms. The quantitative estimate of drug-likeness (QED) is 0.589. The topological polar surface area (TPSA) is 79.3 Å². The molecule has 0 aliphatic heterocycles. The minimum absolute atomic E-state index is 0.0769. The Kier molecular flexibility index (Phi) is 5.74. The predicted octanol–water partition coefficient (Wildman–Crippen LogP) is 0.876. The molecule has 1 amide bonds. The number of hydrogen-bond donors (Lipinski definition) is 2. The fourth-order valence-corrected chi connectivity index (χ4v) is 1.72. The van der Waals surface area contributed by atoms with E-state index in [0.29, 0.717) is 18.1 Å². The summed E-state index contributed by atoms with van der Waals surface area (Å²) in [5, 5.41) is 11.5. The number of hydrogen-bond acceptors (Lipinski definition) is 4. The second kappa shape index (κ2) is 7.35. The van der Waals surface area contributed by atoms with Gasteiger partial charge in [0, 0.05) is 18.5 Å². The zero-order valence-corrected chi connectivity index (χ0v) is 10.4. The number of nitrogens with one attached hydrogen (secondary N) is 1. The molecular formula is C12H12N2O3S. The van der Waals surface area contributed by atoms with E-state index >= 15 is 0 Å². The molecule has 1 aromatic heterocycles. The van der Waals surface area contributed by atoms with Crippen LogP contribution in [0, 0.1) is 12.3 Å². The number of amides is 1. The minimum atomic E-state index is -1.17. The van der Waals surface area contributed by atoms with Crippen LogP contribution in [0.3, 0.4) is 0 Å². The predicted molar refractivity (Wildman–Crippen MR) is 69.7 cm³/mol. The molecule has 1 rings (SSSR count). The number of rotatable bonds is 6. The van der Waals surface area contributed by atoms with Crippen molar-refractivity contribution in [1.82, 2.24) is 10.3 Å². The van der Waals surface area contributed by atoms with Crippen LogP contribution in [-0.4, -0.2) is 40.0 Å². The Balaban J connectivity index is 2.57. The van der Waals surface area contributed by atoms with Gasteiger partial charge in [-0.25, -0.2) is 4.79 Å². The van der Waals surface area contributed by atoms with Crippen LogP contribution in [0.15, 0.2) is 18.3 Å². The molecule has 1 aromatic rings. The van der Waals surface area contributed by atoms with Gasteiger partial charge in [0.15, 0.2) is 0 Å². The van der Waals surface area contributed by atoms with Crippen LogP contribution in [0.5, 0.6) is 0 Å². The summed E-state index contributed by atoms with van der Waals surface area (Å²) in [5.74, 6) is 2.06. The maximum Gasteiger partial charge on any atom is 0.338 e. The van der Waals surface area contributed by atoms with Gasteiger partial charge < -0.3 is 10.4 Å². The third-order valence-electron chi connectivity index (χ3n) is 1.97. The Bertz CT molecular complexity index is 482. The average Bonchev–Trinajstić information content (AvgIpc) is 2.38. The Morgan fingerprint density at radius 1 is 1.56 bits per heavy atom. The van der Waals surface area contributed by atoms with Gasteiger partial charge in [0.25, 0.3) is 5.91 Å². The van der Waals surface area contributed by atoms with Gasteiger partial charge >= 0.3 is 5.97 Å². The SMILES string of the molecule is C#CCSCCNC(=O)c1ncccc1C(=O)O. The summed E-state index contributed by atoms with van der Waals surface area (Å²) in [6.07, 6.45) is 6.46. The molecule has 0 aliphatic carbocycles. The standard InChI is InChI=1S/C12H12N2O3S/c1-2-7-18-8-6-14-11(15)10-9(12(16)17)4-3-5-13-10/h1,3-5H,6-8H2,(H,14,15)(H,16,17). The van der Waals surface area contributed by atoms with Gasteiger partial charge in [-0.15, -0.1) is 18.2 Å². The van der Waals surface area contributed by atoms with Crippen LogP contribution in [-0.2, 0) is 0 Å². The van der Waals surface area contributed by atoms with Crippen LogP contribution in [0.1, 0.15) is 20.8 Å². The molecule has 0 aliphatic rings. The highest BCUT2D eigenvalue weighted by Gasteiger charge is 2.16. The van der Waals surface area contributed by atoms with Gasteiger partial charge in [-0.1, -0.05) is 5.92 Å². The number of terminal acetylenes is 1. The second-order valence-corrected chi connectivity index (χ2v) is 4.32. The van der Waals surface area contributed by atoms with Gasteiger partial charge in [0.05, 0.1) is 11.3 Å². The highest BCUT2D eigenvalue weighted by Crippen LogP contribution is 2.05. The summed E-state index contributed by atoms with van der Waals surface area (Å²) in [4.78, 5) is 26.4. The molecule has 5 nitrogen and oxygen atoms in total. The third kappa shape index (κ3) is 4.11. The van der Waals surface area contributed by atoms with Gasteiger partial charge in [-0.3, -0.25) is 9.78 Å². The second-order valence-electron chi connectivity index (χ2n) is 3.22. The maximum atomic E-state index is 11.7. The molecular weight excluding hydrogens is 252 g/mol. The van der Waals surface area contributed by atoms with E-state index in [4.69, 9.17) is 11.5 Å². The third-order valence-corrected chi connectivity index (χ3v) is 2.83. The summed E-state index contributed by atoms with van der Waals surface area (Å²) in [6, 6.07) is 2.82. The number of carbonyl (C=O) groups is 2. The highest BCUT2D eigenvalue weighted by atomic mass is 32.2. The van der Waals surface area contributed by atoms with Gasteiger partial charge in [0.1, 0.15) is 5.69 Å². The first kappa shape index (κ1) is 14.1. The van der Waals surface area contributed by atoms with Crippen molar-refractivity contribution < 1.29 is 14.7 Å². The number of thioether (sulfide) groups is 1. The number of aromatic nitrogens is 1. The molecule has 0 fully saturated rings. The number of carbonyl (C=O) groups excluding carboxylic acids is 1. The van der Waals surface area contributed by atoms with Crippen molar-refractivity contribution >= 4 is 23.6 Å². The molecule has 0 saturated carbocycles. The molecule has 18 heavy (non-hydrogen) atoms. The van der Waals surface area contributed by atoms with Crippen LogP contribution in [0.25, 0.3) is 0 Å². The molecule has 1 heterocycles. The Labute approximate surface area is 109 Å². The van der Waals surface area contributed by atoms with Crippen molar-refractivity contribution in [2.75, 3.05) is 18.1 Å². The zero-order valence-electron chi connectivity index (χ0n) is 9.55. The minimum Gasteiger partial charge on any atom is -0.478 e. The van der Waals surface area contributed by atoms with Crippen LogP contribution in [0.2, 0.25) is 0 Å². The van der Waals surface area contributed by atoms with E-state index in [1.807, 2.05) is 0 Å². The summed E-state index contributed by atoms with van der Waals surface area (Å²) in [5.41, 5.74) is -0.182. The van der Waals surface area contributed by atoms with Crippen molar-refractivity contribution in [2.45, 2.75) is 0 Å². The summed E-state index contributed by atoms with van der Waals surface area (Å²) in [6.45, 7) is 0.417. The smallest absolute Gasteiger partial charge is 0.338 e. The van der Waals surface area contributed by atoms with Gasteiger partial charge in [-0.05, 0) is 12.1 Å². The monoisotopic (exact) mass is 264 g/mol. The Morgan fingerprint density at radius 2 is 2.33 bits per heavy atom. The lowest BCUT2D eigenvalue weighted by atomic mass is 10.2. The van der Waals surface area contributed by atoms with Crippen LogP contribution >= 0.6 is 11.8 Å². The van der Waals surface area contributed by atoms with Crippen LogP contribution < -0.4 is 5.32 Å². The number of aromatic carboxylic acids is 1. The zero-order chi connectivity index (χ0) is 13.4. The van der Waals surface area contributed by atoms with E-state index in [-0.39, 0.29) is 11.3 Å². The molecule has 0 radical (unpaired) electrons. The molecule has 0 saturated heterocycles. The van der Waals surface area contributed by atoms with E-state index in [1.54, 1.807) is 0 Å². The fraction of sp³-hybridized carbons (Fsp3) is 0.250. The number of carboxylic acid groups (broad SMARTS) is 1. The van der Waals surface area contributed by atoms with Gasteiger partial charge in [0.2, 0.25) is 0 Å². The van der Waals surface area contributed by atoms with E-state index in [0.717, 1.165) is 0 Å². The molecule has 2 N–H and O–H groups in total. The first-order chi connectivity index (χ1) is 8.66. The largest absolute Gasteiger partial charge is 0.478 e. The van der Waals surface area contributed by atoms with Crippen molar-refractivity contribution in [3.8, 4) is 12.3 Å². The number of carboxylic acids is 1. The Morgan fingerprint density at radius 3 is 3.00 bits per heavy atom. The van der Waals surface area contributed by atoms with Crippen molar-refractivity contribution in [3.63, 3.8) is 0 Å². The van der Waals surface area contributed by atoms with Crippen LogP contribution in [0.4, 0.5) is 0 Å². The number of pyridine rings is 1. The average molecular weight is 264 g/mol. The van der Waals surface area contributed by atoms with E-state index < -0.39 is 11.9 Å². The lowest BCUT2D eigenvalue weighted by Crippen LogP contribution is -2.28. The lowest BCUT2D eigenvalue weighted by molar-refractivity contribution is 0.0690. The lowest BCUT2D eigenvalue weighted by Gasteiger charge is -2.05. The molecule has 0 atom stereocenters.